The standard InChI is InChI=1S/2C4H6O6.4Na/c2*5-1(3(7)8)2(6)4(9)10;;;;/h2*1-2,5-6H,(H,7,8)(H,9,10);;;;/q;;4*+1/p-4/t2*1-,2-;;;;/m10..../s1. The molecule has 0 saturated heterocycles. The van der Waals surface area contributed by atoms with E-state index in [2.05, 4.69) is 0 Å². The predicted molar refractivity (Wildman–Crippen MR) is 44.1 cm³/mol. The smallest absolute Gasteiger partial charge is 0.547 e. The van der Waals surface area contributed by atoms with Crippen molar-refractivity contribution in [3.63, 3.8) is 0 Å². The van der Waals surface area contributed by atoms with Crippen LogP contribution in [-0.4, -0.2) is 68.7 Å². The maximum absolute atomic E-state index is 9.63. The van der Waals surface area contributed by atoms with Crippen molar-refractivity contribution < 1.29 is 178 Å². The summed E-state index contributed by atoms with van der Waals surface area (Å²) in [6.07, 6.45) is -9.76. The van der Waals surface area contributed by atoms with E-state index >= 15 is 0 Å². The first-order chi connectivity index (χ1) is 8.93. The first kappa shape index (κ1) is 40.4. The van der Waals surface area contributed by atoms with Crippen molar-refractivity contribution in [3.8, 4) is 0 Å². The van der Waals surface area contributed by atoms with Crippen molar-refractivity contribution in [1.29, 1.82) is 0 Å². The number of carboxylic acids is 4. The molecular formula is C8H8Na4O12. The van der Waals surface area contributed by atoms with Crippen LogP contribution in [0.4, 0.5) is 0 Å². The van der Waals surface area contributed by atoms with E-state index in [0.717, 1.165) is 0 Å². The Labute approximate surface area is 223 Å². The van der Waals surface area contributed by atoms with E-state index < -0.39 is 48.3 Å². The normalized spacial score (nSPS) is 13.2. The Balaban J connectivity index is -0.0000000579. The number of hydrogen-bond acceptors (Lipinski definition) is 12. The summed E-state index contributed by atoms with van der Waals surface area (Å²) in [7, 11) is 0. The van der Waals surface area contributed by atoms with Crippen molar-refractivity contribution in [2.75, 3.05) is 0 Å². The van der Waals surface area contributed by atoms with Crippen LogP contribution in [0.2, 0.25) is 0 Å². The molecular weight excluding hydrogens is 380 g/mol. The summed E-state index contributed by atoms with van der Waals surface area (Å²) >= 11 is 0. The Morgan fingerprint density at radius 3 is 0.583 bits per heavy atom. The van der Waals surface area contributed by atoms with Crippen LogP contribution in [0.25, 0.3) is 0 Å². The van der Waals surface area contributed by atoms with Crippen LogP contribution < -0.4 is 139 Å². The van der Waals surface area contributed by atoms with Crippen LogP contribution in [0.5, 0.6) is 0 Å². The van der Waals surface area contributed by atoms with Crippen molar-refractivity contribution in [1.82, 2.24) is 0 Å². The molecule has 4 atom stereocenters. The fourth-order valence-electron chi connectivity index (χ4n) is 0.516. The SMILES string of the molecule is O=C([O-])[C@@H](O)[C@H](O)C(=O)[O-].O=C([O-])[C@H](O)[C@@H](O)C(=O)[O-].[Na+].[Na+].[Na+].[Na+]. The van der Waals surface area contributed by atoms with E-state index in [0.29, 0.717) is 0 Å². The van der Waals surface area contributed by atoms with Crippen LogP contribution >= 0.6 is 0 Å². The molecule has 0 amide bonds. The molecule has 0 spiro atoms. The molecule has 0 saturated carbocycles. The van der Waals surface area contributed by atoms with E-state index in [9.17, 15) is 39.6 Å². The number of carbonyl (C=O) groups is 4. The van der Waals surface area contributed by atoms with Gasteiger partial charge in [0, 0.05) is 0 Å². The molecule has 0 aliphatic carbocycles. The number of aliphatic carboxylic acids is 4. The average molecular weight is 388 g/mol. The Kier molecular flexibility index (Phi) is 35.4. The van der Waals surface area contributed by atoms with Crippen LogP contribution in [0.1, 0.15) is 0 Å². The first-order valence-electron chi connectivity index (χ1n) is 4.49. The molecule has 0 rings (SSSR count). The second-order valence-corrected chi connectivity index (χ2v) is 3.06. The molecule has 0 aromatic carbocycles. The molecule has 12 nitrogen and oxygen atoms in total. The van der Waals surface area contributed by atoms with Gasteiger partial charge in [-0.2, -0.15) is 0 Å². The summed E-state index contributed by atoms with van der Waals surface area (Å²) in [5.41, 5.74) is 0. The molecule has 0 aliphatic rings. The Hall–Kier alpha value is 1.72. The van der Waals surface area contributed by atoms with Gasteiger partial charge >= 0.3 is 118 Å². The Morgan fingerprint density at radius 1 is 0.458 bits per heavy atom. The maximum atomic E-state index is 9.63. The van der Waals surface area contributed by atoms with Crippen LogP contribution in [-0.2, 0) is 19.2 Å². The molecule has 0 radical (unpaired) electrons. The second kappa shape index (κ2) is 21.0. The number of rotatable bonds is 6. The van der Waals surface area contributed by atoms with Crippen molar-refractivity contribution in [3.05, 3.63) is 0 Å². The zero-order chi connectivity index (χ0) is 16.6. The molecule has 0 fully saturated rings. The fourth-order valence-corrected chi connectivity index (χ4v) is 0.516. The summed E-state index contributed by atoms with van der Waals surface area (Å²) in [6.45, 7) is 0. The number of carbonyl (C=O) groups excluding carboxylic acids is 4. The predicted octanol–water partition coefficient (Wildman–Crippen LogP) is -21.6. The van der Waals surface area contributed by atoms with Crippen LogP contribution in [0.15, 0.2) is 0 Å². The summed E-state index contributed by atoms with van der Waals surface area (Å²) in [6, 6.07) is 0. The van der Waals surface area contributed by atoms with Crippen LogP contribution in [0.3, 0.4) is 0 Å². The van der Waals surface area contributed by atoms with Gasteiger partial charge in [0.25, 0.3) is 0 Å². The van der Waals surface area contributed by atoms with Crippen LogP contribution in [0, 0.1) is 0 Å². The zero-order valence-electron chi connectivity index (χ0n) is 13.4. The molecule has 24 heavy (non-hydrogen) atoms. The Bertz CT molecular complexity index is 319. The molecule has 0 heterocycles. The van der Waals surface area contributed by atoms with Gasteiger partial charge in [-0.25, -0.2) is 0 Å². The van der Waals surface area contributed by atoms with Gasteiger partial charge in [0.15, 0.2) is 0 Å². The molecule has 0 aromatic rings. The summed E-state index contributed by atoms with van der Waals surface area (Å²) in [5, 5.41) is 71.5. The summed E-state index contributed by atoms with van der Waals surface area (Å²) in [4.78, 5) is 38.5. The van der Waals surface area contributed by atoms with Gasteiger partial charge in [0.1, 0.15) is 24.4 Å². The van der Waals surface area contributed by atoms with Gasteiger partial charge in [-0.05, 0) is 0 Å². The third kappa shape index (κ3) is 18.5. The minimum absolute atomic E-state index is 0. The van der Waals surface area contributed by atoms with E-state index in [1.165, 1.54) is 0 Å². The topological polar surface area (TPSA) is 241 Å². The molecule has 0 aromatic heterocycles. The maximum Gasteiger partial charge on any atom is 1.00 e. The quantitative estimate of drug-likeness (QED) is 0.310. The summed E-state index contributed by atoms with van der Waals surface area (Å²) in [5.74, 6) is -8.23. The van der Waals surface area contributed by atoms with Crippen molar-refractivity contribution in [2.45, 2.75) is 24.4 Å². The number of aliphatic hydroxyl groups is 4. The van der Waals surface area contributed by atoms with Gasteiger partial charge in [0.05, 0.1) is 23.9 Å². The van der Waals surface area contributed by atoms with Gasteiger partial charge in [-0.15, -0.1) is 0 Å². The number of carboxylic acid groups (broad SMARTS) is 4. The monoisotopic (exact) mass is 388 g/mol. The third-order valence-electron chi connectivity index (χ3n) is 1.56. The first-order valence-corrected chi connectivity index (χ1v) is 4.49. The largest absolute Gasteiger partial charge is 1.00 e. The van der Waals surface area contributed by atoms with E-state index in [1.807, 2.05) is 0 Å². The number of aliphatic hydroxyl groups excluding tert-OH is 4. The second-order valence-electron chi connectivity index (χ2n) is 3.06. The summed E-state index contributed by atoms with van der Waals surface area (Å²) < 4.78 is 0. The molecule has 116 valence electrons. The van der Waals surface area contributed by atoms with Gasteiger partial charge in [0.2, 0.25) is 0 Å². The fraction of sp³-hybridized carbons (Fsp3) is 0.500. The van der Waals surface area contributed by atoms with Gasteiger partial charge in [-0.1, -0.05) is 0 Å². The zero-order valence-corrected chi connectivity index (χ0v) is 21.4. The van der Waals surface area contributed by atoms with E-state index in [-0.39, 0.29) is 118 Å². The number of hydrogen-bond donors (Lipinski definition) is 4. The molecule has 4 N–H and O–H groups in total. The molecule has 0 unspecified atom stereocenters. The van der Waals surface area contributed by atoms with E-state index in [1.54, 1.807) is 0 Å². The molecule has 0 aliphatic heterocycles. The minimum Gasteiger partial charge on any atom is -0.547 e. The Morgan fingerprint density at radius 2 is 0.542 bits per heavy atom. The average Bonchev–Trinajstić information content (AvgIpc) is 2.35. The van der Waals surface area contributed by atoms with E-state index in [4.69, 9.17) is 20.4 Å². The third-order valence-corrected chi connectivity index (χ3v) is 1.56. The van der Waals surface area contributed by atoms with Gasteiger partial charge < -0.3 is 60.0 Å². The van der Waals surface area contributed by atoms with Gasteiger partial charge in [-0.3, -0.25) is 0 Å². The molecule has 16 heteroatoms. The minimum atomic E-state index is -2.44. The van der Waals surface area contributed by atoms with Crippen molar-refractivity contribution in [2.24, 2.45) is 0 Å². The molecule has 0 bridgehead atoms. The van der Waals surface area contributed by atoms with Crippen molar-refractivity contribution >= 4 is 23.9 Å².